The van der Waals surface area contributed by atoms with E-state index in [0.29, 0.717) is 53.8 Å². The van der Waals surface area contributed by atoms with Crippen LogP contribution < -0.4 is 10.2 Å². The third kappa shape index (κ3) is 4.14. The Bertz CT molecular complexity index is 1230. The van der Waals surface area contributed by atoms with Crippen LogP contribution in [0.5, 0.6) is 0 Å². The standard InChI is InChI=1S/C21H24N4O5S/c1-30-17-5-7-24(8-6-17)31(28,29)20-12-16(22)2-3-18(20)14-4-9-25-19(10-14)15(13-23-25)11-21(26)27/h2-4,9-10,12-13,17H,5-8,11H2,1H3,(H3,22,23,26,27)/p+1. The number of fused-ring (bicyclic) bond motifs is 1. The Hall–Kier alpha value is -2.95. The summed E-state index contributed by atoms with van der Waals surface area (Å²) in [6.45, 7) is 0.759. The minimum atomic E-state index is -3.77. The summed E-state index contributed by atoms with van der Waals surface area (Å²) in [5.41, 5.74) is 8.77. The smallest absolute Gasteiger partial charge is 0.308 e. The summed E-state index contributed by atoms with van der Waals surface area (Å²) in [7, 11) is -2.14. The highest BCUT2D eigenvalue weighted by Crippen LogP contribution is 2.33. The molecule has 10 heteroatoms. The van der Waals surface area contributed by atoms with Gasteiger partial charge >= 0.3 is 5.97 Å². The van der Waals surface area contributed by atoms with Gasteiger partial charge in [-0.25, -0.2) is 8.42 Å². The van der Waals surface area contributed by atoms with Gasteiger partial charge in [-0.05, 0) is 30.5 Å². The van der Waals surface area contributed by atoms with Gasteiger partial charge in [0.2, 0.25) is 21.7 Å². The first kappa shape index (κ1) is 21.3. The fraction of sp³-hybridized carbons (Fsp3) is 0.333. The van der Waals surface area contributed by atoms with Gasteiger partial charge in [0, 0.05) is 43.6 Å². The van der Waals surface area contributed by atoms with Crippen molar-refractivity contribution in [3.05, 3.63) is 48.3 Å². The van der Waals surface area contributed by atoms with Crippen molar-refractivity contribution in [2.24, 2.45) is 0 Å². The van der Waals surface area contributed by atoms with Crippen molar-refractivity contribution in [2.45, 2.75) is 30.3 Å². The number of aromatic nitrogens is 2. The lowest BCUT2D eigenvalue weighted by atomic mass is 10.0. The molecule has 0 bridgehead atoms. The Balaban J connectivity index is 1.78. The van der Waals surface area contributed by atoms with Crippen LogP contribution in [-0.4, -0.2) is 55.2 Å². The number of ether oxygens (including phenoxy) is 1. The molecule has 3 heterocycles. The van der Waals surface area contributed by atoms with Crippen LogP contribution >= 0.6 is 0 Å². The number of methoxy groups -OCH3 is 1. The van der Waals surface area contributed by atoms with Gasteiger partial charge in [-0.15, -0.1) is 0 Å². The number of hydrogen-bond acceptors (Lipinski definition) is 5. The normalized spacial score (nSPS) is 16.0. The van der Waals surface area contributed by atoms with E-state index in [1.165, 1.54) is 10.4 Å². The van der Waals surface area contributed by atoms with Crippen LogP contribution in [0, 0.1) is 0 Å². The fourth-order valence-electron chi connectivity index (χ4n) is 3.99. The van der Waals surface area contributed by atoms with Crippen molar-refractivity contribution in [1.29, 1.82) is 0 Å². The maximum atomic E-state index is 13.5. The number of sulfonamides is 1. The SMILES string of the molecule is COC1CCN(S(=O)(=O)c2cc(N)ccc2-c2cc[n+]3[nH]cc(CC(=O)O)c3c2)CC1. The molecule has 4 rings (SSSR count). The number of H-pyrrole nitrogens is 1. The van der Waals surface area contributed by atoms with Gasteiger partial charge in [-0.2, -0.15) is 9.40 Å². The van der Waals surface area contributed by atoms with E-state index in [4.69, 9.17) is 15.6 Å². The van der Waals surface area contributed by atoms with Gasteiger partial charge in [-0.3, -0.25) is 4.79 Å². The van der Waals surface area contributed by atoms with Gasteiger partial charge in [0.1, 0.15) is 0 Å². The molecule has 1 aliphatic rings. The first-order valence-electron chi connectivity index (χ1n) is 9.96. The number of carbonyl (C=O) groups is 1. The molecule has 1 saturated heterocycles. The Morgan fingerprint density at radius 1 is 1.29 bits per heavy atom. The molecule has 1 aliphatic heterocycles. The van der Waals surface area contributed by atoms with Crippen LogP contribution in [0.15, 0.2) is 47.6 Å². The highest BCUT2D eigenvalue weighted by atomic mass is 32.2. The molecule has 31 heavy (non-hydrogen) atoms. The molecule has 0 unspecified atom stereocenters. The molecular formula is C21H25N4O5S+. The number of rotatable bonds is 6. The third-order valence-electron chi connectivity index (χ3n) is 5.67. The number of carboxylic acid groups (broad SMARTS) is 1. The second-order valence-corrected chi connectivity index (χ2v) is 9.54. The lowest BCUT2D eigenvalue weighted by Crippen LogP contribution is -2.40. The number of hydrogen-bond donors (Lipinski definition) is 3. The molecule has 1 fully saturated rings. The van der Waals surface area contributed by atoms with Crippen molar-refractivity contribution >= 4 is 27.2 Å². The van der Waals surface area contributed by atoms with E-state index in [1.807, 2.05) is 0 Å². The molecule has 164 valence electrons. The molecular weight excluding hydrogens is 420 g/mol. The van der Waals surface area contributed by atoms with Crippen molar-refractivity contribution in [1.82, 2.24) is 9.40 Å². The average molecular weight is 446 g/mol. The topological polar surface area (TPSA) is 130 Å². The number of aliphatic carboxylic acids is 1. The van der Waals surface area contributed by atoms with E-state index in [2.05, 4.69) is 5.10 Å². The number of aromatic amines is 1. The number of nitrogens with two attached hydrogens (primary N) is 1. The number of nitrogens with one attached hydrogen (secondary N) is 1. The molecule has 1 aromatic carbocycles. The van der Waals surface area contributed by atoms with E-state index in [9.17, 15) is 13.2 Å². The number of piperidine rings is 1. The Kier molecular flexibility index (Phi) is 5.69. The van der Waals surface area contributed by atoms with Crippen LogP contribution in [0.3, 0.4) is 0 Å². The van der Waals surface area contributed by atoms with Crippen LogP contribution in [-0.2, 0) is 26.0 Å². The molecule has 0 spiro atoms. The van der Waals surface area contributed by atoms with Crippen molar-refractivity contribution < 1.29 is 27.6 Å². The minimum absolute atomic E-state index is 0.0624. The largest absolute Gasteiger partial charge is 0.481 e. The first-order chi connectivity index (χ1) is 14.8. The number of carboxylic acids is 1. The molecule has 0 radical (unpaired) electrons. The highest BCUT2D eigenvalue weighted by Gasteiger charge is 2.32. The van der Waals surface area contributed by atoms with E-state index in [1.54, 1.807) is 48.3 Å². The van der Waals surface area contributed by atoms with Gasteiger partial charge in [-0.1, -0.05) is 10.6 Å². The number of nitrogen functional groups attached to an aromatic ring is 1. The lowest BCUT2D eigenvalue weighted by molar-refractivity contribution is -0.576. The quantitative estimate of drug-likeness (QED) is 0.389. The zero-order valence-corrected chi connectivity index (χ0v) is 17.9. The van der Waals surface area contributed by atoms with Gasteiger partial charge in [0.15, 0.2) is 0 Å². The Morgan fingerprint density at radius 3 is 2.71 bits per heavy atom. The summed E-state index contributed by atoms with van der Waals surface area (Å²) in [6, 6.07) is 8.42. The van der Waals surface area contributed by atoms with Gasteiger partial charge in [0.25, 0.3) is 0 Å². The van der Waals surface area contributed by atoms with Gasteiger partial charge in [0.05, 0.1) is 29.2 Å². The maximum absolute atomic E-state index is 13.5. The molecule has 0 saturated carbocycles. The number of nitrogens with zero attached hydrogens (tertiary/aromatic N) is 2. The van der Waals surface area contributed by atoms with Gasteiger partial charge < -0.3 is 15.6 Å². The minimum Gasteiger partial charge on any atom is -0.481 e. The predicted octanol–water partition coefficient (Wildman–Crippen LogP) is 1.43. The summed E-state index contributed by atoms with van der Waals surface area (Å²) < 4.78 is 35.5. The van der Waals surface area contributed by atoms with E-state index >= 15 is 0 Å². The molecule has 0 amide bonds. The average Bonchev–Trinajstić information content (AvgIpc) is 3.15. The maximum Gasteiger partial charge on any atom is 0.308 e. The second kappa shape index (κ2) is 8.29. The summed E-state index contributed by atoms with van der Waals surface area (Å²) in [5.74, 6) is -0.942. The Morgan fingerprint density at radius 2 is 2.03 bits per heavy atom. The zero-order valence-electron chi connectivity index (χ0n) is 17.1. The second-order valence-electron chi connectivity index (χ2n) is 7.63. The number of benzene rings is 1. The molecule has 9 nitrogen and oxygen atoms in total. The molecule has 0 atom stereocenters. The molecule has 3 aromatic rings. The van der Waals surface area contributed by atoms with Crippen LogP contribution in [0.25, 0.3) is 16.6 Å². The monoisotopic (exact) mass is 445 g/mol. The molecule has 2 aromatic heterocycles. The highest BCUT2D eigenvalue weighted by molar-refractivity contribution is 7.89. The van der Waals surface area contributed by atoms with Crippen molar-refractivity contribution in [3.63, 3.8) is 0 Å². The Labute approximate surface area is 180 Å². The third-order valence-corrected chi connectivity index (χ3v) is 7.61. The molecule has 0 aliphatic carbocycles. The lowest BCUT2D eigenvalue weighted by Gasteiger charge is -2.31. The summed E-state index contributed by atoms with van der Waals surface area (Å²) >= 11 is 0. The van der Waals surface area contributed by atoms with E-state index < -0.39 is 16.0 Å². The summed E-state index contributed by atoms with van der Waals surface area (Å²) in [4.78, 5) is 11.3. The molecule has 4 N–H and O–H groups in total. The van der Waals surface area contributed by atoms with Crippen molar-refractivity contribution in [3.8, 4) is 11.1 Å². The first-order valence-corrected chi connectivity index (χ1v) is 11.4. The fourth-order valence-corrected chi connectivity index (χ4v) is 5.71. The number of anilines is 1. The zero-order chi connectivity index (χ0) is 22.2. The summed E-state index contributed by atoms with van der Waals surface area (Å²) in [6.07, 6.45) is 4.57. The van der Waals surface area contributed by atoms with Crippen LogP contribution in [0.1, 0.15) is 18.4 Å². The summed E-state index contributed by atoms with van der Waals surface area (Å²) in [5, 5.41) is 12.1. The van der Waals surface area contributed by atoms with Crippen LogP contribution in [0.4, 0.5) is 5.69 Å². The number of pyridine rings is 1. The van der Waals surface area contributed by atoms with E-state index in [-0.39, 0.29) is 17.4 Å². The predicted molar refractivity (Wildman–Crippen MR) is 114 cm³/mol. The van der Waals surface area contributed by atoms with Crippen molar-refractivity contribution in [2.75, 3.05) is 25.9 Å². The van der Waals surface area contributed by atoms with E-state index in [0.717, 1.165) is 0 Å². The van der Waals surface area contributed by atoms with Crippen LogP contribution in [0.2, 0.25) is 0 Å².